The summed E-state index contributed by atoms with van der Waals surface area (Å²) in [5, 5.41) is 21.9. The molecule has 2 N–H and O–H groups in total. The van der Waals surface area contributed by atoms with Crippen molar-refractivity contribution in [1.82, 2.24) is 4.90 Å². The van der Waals surface area contributed by atoms with Gasteiger partial charge < -0.3 is 19.8 Å². The van der Waals surface area contributed by atoms with Crippen molar-refractivity contribution in [2.24, 2.45) is 0 Å². The van der Waals surface area contributed by atoms with Gasteiger partial charge in [-0.05, 0) is 107 Å². The van der Waals surface area contributed by atoms with Gasteiger partial charge in [-0.15, -0.1) is 24.8 Å². The molecule has 1 saturated heterocycles. The van der Waals surface area contributed by atoms with Gasteiger partial charge in [0.2, 0.25) is 0 Å². The number of anilines is 1. The number of carbonyl (C=O) groups excluding carboxylic acids is 1. The summed E-state index contributed by atoms with van der Waals surface area (Å²) in [6.45, 7) is 6.95. The number of piperazine rings is 1. The lowest BCUT2D eigenvalue weighted by atomic mass is 9.90. The van der Waals surface area contributed by atoms with Gasteiger partial charge in [0, 0.05) is 44.0 Å². The van der Waals surface area contributed by atoms with Gasteiger partial charge in [0.05, 0.1) is 0 Å². The van der Waals surface area contributed by atoms with Gasteiger partial charge in [0.15, 0.2) is 5.78 Å². The van der Waals surface area contributed by atoms with E-state index in [1.165, 1.54) is 11.1 Å². The minimum Gasteiger partial charge on any atom is -0.508 e. The molecule has 0 atom stereocenters. The Hall–Kier alpha value is -4.23. The Labute approximate surface area is 276 Å². The van der Waals surface area contributed by atoms with Crippen LogP contribution in [0.2, 0.25) is 0 Å². The fourth-order valence-electron chi connectivity index (χ4n) is 5.82. The third-order valence-corrected chi connectivity index (χ3v) is 8.29. The first-order chi connectivity index (χ1) is 20.9. The topological polar surface area (TPSA) is 73.2 Å². The minimum atomic E-state index is 0. The monoisotopic (exact) mass is 644 g/mol. The summed E-state index contributed by atoms with van der Waals surface area (Å²) in [6, 6.07) is 33.1. The zero-order chi connectivity index (χ0) is 29.8. The van der Waals surface area contributed by atoms with E-state index in [1.54, 1.807) is 31.2 Å². The molecule has 0 aromatic heterocycles. The second-order valence-electron chi connectivity index (χ2n) is 11.1. The molecule has 45 heavy (non-hydrogen) atoms. The average molecular weight is 646 g/mol. The van der Waals surface area contributed by atoms with E-state index in [0.29, 0.717) is 6.61 Å². The maximum absolute atomic E-state index is 11.5. The van der Waals surface area contributed by atoms with Crippen LogP contribution in [0, 0.1) is 0 Å². The summed E-state index contributed by atoms with van der Waals surface area (Å²) in [6.07, 6.45) is 0.723. The van der Waals surface area contributed by atoms with Crippen LogP contribution in [0.5, 0.6) is 17.2 Å². The normalized spacial score (nSPS) is 13.1. The van der Waals surface area contributed by atoms with Gasteiger partial charge in [-0.1, -0.05) is 42.5 Å². The van der Waals surface area contributed by atoms with E-state index in [9.17, 15) is 15.0 Å². The molecule has 0 spiro atoms. The average Bonchev–Trinajstić information content (AvgIpc) is 3.03. The van der Waals surface area contributed by atoms with E-state index in [0.717, 1.165) is 78.0 Å². The molecule has 234 valence electrons. The lowest BCUT2D eigenvalue weighted by Crippen LogP contribution is -2.47. The van der Waals surface area contributed by atoms with Crippen molar-refractivity contribution in [2.45, 2.75) is 13.3 Å². The van der Waals surface area contributed by atoms with Crippen LogP contribution in [0.4, 0.5) is 5.69 Å². The first-order valence-electron chi connectivity index (χ1n) is 14.8. The highest BCUT2D eigenvalue weighted by atomic mass is 35.5. The van der Waals surface area contributed by atoms with Crippen LogP contribution in [-0.4, -0.2) is 60.2 Å². The Morgan fingerprint density at radius 2 is 1.42 bits per heavy atom. The fraction of sp³-hybridized carbons (Fsp3) is 0.216. The number of aromatic hydroxyl groups is 2. The van der Waals surface area contributed by atoms with E-state index in [2.05, 4.69) is 28.0 Å². The SMILES string of the molecule is CC(=O)c1ccc(N2CCN(CCOc3ccc(Cc4c(-c5ccc(O)cc5)ccc5cc(O)ccc45)cc3)CC2)cc1.Cl.Cl. The largest absolute Gasteiger partial charge is 0.508 e. The summed E-state index contributed by atoms with van der Waals surface area (Å²) in [4.78, 5) is 16.3. The molecular weight excluding hydrogens is 607 g/mol. The van der Waals surface area contributed by atoms with Crippen molar-refractivity contribution in [3.8, 4) is 28.4 Å². The Morgan fingerprint density at radius 3 is 2.09 bits per heavy atom. The summed E-state index contributed by atoms with van der Waals surface area (Å²) < 4.78 is 6.11. The van der Waals surface area contributed by atoms with Crippen molar-refractivity contribution >= 4 is 47.1 Å². The Bertz CT molecular complexity index is 1720. The molecule has 1 aliphatic rings. The molecular formula is C37H38Cl2N2O4. The number of carbonyl (C=O) groups is 1. The Balaban J connectivity index is 0.00000230. The van der Waals surface area contributed by atoms with Crippen LogP contribution in [0.15, 0.2) is 103 Å². The number of ketones is 1. The van der Waals surface area contributed by atoms with Gasteiger partial charge in [0.25, 0.3) is 0 Å². The molecule has 1 aliphatic heterocycles. The summed E-state index contributed by atoms with van der Waals surface area (Å²) in [7, 11) is 0. The smallest absolute Gasteiger partial charge is 0.159 e. The highest BCUT2D eigenvalue weighted by Gasteiger charge is 2.17. The predicted octanol–water partition coefficient (Wildman–Crippen LogP) is 7.76. The first-order valence-corrected chi connectivity index (χ1v) is 14.8. The third-order valence-electron chi connectivity index (χ3n) is 8.29. The van der Waals surface area contributed by atoms with E-state index in [1.807, 2.05) is 60.7 Å². The molecule has 6 rings (SSSR count). The molecule has 0 saturated carbocycles. The number of ether oxygens (including phenoxy) is 1. The number of fused-ring (bicyclic) bond motifs is 1. The van der Waals surface area contributed by atoms with Crippen molar-refractivity contribution in [1.29, 1.82) is 0 Å². The fourth-order valence-corrected chi connectivity index (χ4v) is 5.82. The van der Waals surface area contributed by atoms with E-state index in [4.69, 9.17) is 4.74 Å². The number of benzene rings is 5. The highest BCUT2D eigenvalue weighted by molar-refractivity contribution is 5.94. The number of halogens is 2. The molecule has 6 nitrogen and oxygen atoms in total. The van der Waals surface area contributed by atoms with E-state index in [-0.39, 0.29) is 42.1 Å². The van der Waals surface area contributed by atoms with Crippen molar-refractivity contribution < 1.29 is 19.7 Å². The first kappa shape index (κ1) is 33.7. The lowest BCUT2D eigenvalue weighted by Gasteiger charge is -2.36. The zero-order valence-corrected chi connectivity index (χ0v) is 26.8. The van der Waals surface area contributed by atoms with Gasteiger partial charge in [-0.25, -0.2) is 0 Å². The molecule has 5 aromatic carbocycles. The van der Waals surface area contributed by atoms with E-state index >= 15 is 0 Å². The van der Waals surface area contributed by atoms with Crippen LogP contribution < -0.4 is 9.64 Å². The number of nitrogens with zero attached hydrogens (tertiary/aromatic N) is 2. The van der Waals surface area contributed by atoms with Crippen LogP contribution in [0.3, 0.4) is 0 Å². The van der Waals surface area contributed by atoms with E-state index < -0.39 is 0 Å². The number of hydrogen-bond donors (Lipinski definition) is 2. The second-order valence-corrected chi connectivity index (χ2v) is 11.1. The number of phenols is 2. The van der Waals surface area contributed by atoms with Crippen LogP contribution >= 0.6 is 24.8 Å². The van der Waals surface area contributed by atoms with Gasteiger partial charge in [-0.3, -0.25) is 9.69 Å². The number of Topliss-reactive ketones (excluding diaryl/α,β-unsaturated/α-hetero) is 1. The Morgan fingerprint density at radius 1 is 0.756 bits per heavy atom. The Kier molecular flexibility index (Phi) is 11.3. The minimum absolute atomic E-state index is 0. The summed E-state index contributed by atoms with van der Waals surface area (Å²) >= 11 is 0. The van der Waals surface area contributed by atoms with Crippen molar-refractivity contribution in [2.75, 3.05) is 44.2 Å². The molecule has 1 fully saturated rings. The predicted molar refractivity (Wildman–Crippen MR) is 187 cm³/mol. The molecule has 0 unspecified atom stereocenters. The highest BCUT2D eigenvalue weighted by Crippen LogP contribution is 2.34. The second kappa shape index (κ2) is 15.2. The standard InChI is InChI=1S/C37H36N2O4.2ClH/c1-26(40)28-4-9-31(10-5-28)39-20-18-38(19-21-39)22-23-43-34-14-2-27(3-15-34)24-37-35(29-6-11-32(41)12-7-29)16-8-30-25-33(42)13-17-36(30)37;;/h2-17,25,41-42H,18-24H2,1H3;2*1H. The third kappa shape index (κ3) is 8.08. The van der Waals surface area contributed by atoms with Gasteiger partial charge >= 0.3 is 0 Å². The number of rotatable bonds is 9. The zero-order valence-electron chi connectivity index (χ0n) is 25.2. The van der Waals surface area contributed by atoms with Gasteiger partial charge in [0.1, 0.15) is 23.9 Å². The maximum Gasteiger partial charge on any atom is 0.159 e. The molecule has 8 heteroatoms. The number of phenolic OH excluding ortho intramolecular Hbond substituents is 2. The molecule has 1 heterocycles. The van der Waals surface area contributed by atoms with Gasteiger partial charge in [-0.2, -0.15) is 0 Å². The molecule has 0 radical (unpaired) electrons. The quantitative estimate of drug-likeness (QED) is 0.160. The summed E-state index contributed by atoms with van der Waals surface area (Å²) in [5.74, 6) is 1.44. The lowest BCUT2D eigenvalue weighted by molar-refractivity contribution is 0.101. The summed E-state index contributed by atoms with van der Waals surface area (Å²) in [5.41, 5.74) is 6.39. The molecule has 0 bridgehead atoms. The van der Waals surface area contributed by atoms with Crippen molar-refractivity contribution in [3.05, 3.63) is 120 Å². The molecule has 0 aliphatic carbocycles. The van der Waals surface area contributed by atoms with Crippen molar-refractivity contribution in [3.63, 3.8) is 0 Å². The van der Waals surface area contributed by atoms with Crippen LogP contribution in [0.25, 0.3) is 21.9 Å². The molecule has 0 amide bonds. The number of hydrogen-bond acceptors (Lipinski definition) is 6. The van der Waals surface area contributed by atoms with Crippen LogP contribution in [0.1, 0.15) is 28.4 Å². The maximum atomic E-state index is 11.5. The molecule has 5 aromatic rings. The van der Waals surface area contributed by atoms with Crippen LogP contribution in [-0.2, 0) is 6.42 Å².